The summed E-state index contributed by atoms with van der Waals surface area (Å²) in [7, 11) is 1.31. The molecule has 0 aliphatic heterocycles. The molecule has 0 saturated heterocycles. The van der Waals surface area contributed by atoms with Crippen LogP contribution in [0.3, 0.4) is 0 Å². The summed E-state index contributed by atoms with van der Waals surface area (Å²) in [4.78, 5) is 0. The Balaban J connectivity index is 3.22. The Morgan fingerprint density at radius 2 is 2.07 bits per heavy atom. The molecule has 1 rings (SSSR count). The van der Waals surface area contributed by atoms with Gasteiger partial charge in [-0.3, -0.25) is 0 Å². The molecule has 6 heteroatoms. The molecule has 1 aromatic carbocycles. The van der Waals surface area contributed by atoms with Gasteiger partial charge in [0.1, 0.15) is 5.82 Å². The number of hydrogen-bond acceptors (Lipinski definition) is 2. The van der Waals surface area contributed by atoms with Crippen molar-refractivity contribution >= 4 is 35.7 Å². The van der Waals surface area contributed by atoms with Crippen molar-refractivity contribution in [3.63, 3.8) is 0 Å². The molecular weight excluding hydrogens is 295 g/mol. The molecule has 0 fully saturated rings. The molecule has 14 heavy (non-hydrogen) atoms. The lowest BCUT2D eigenvalue weighted by Crippen LogP contribution is -1.99. The predicted molar refractivity (Wildman–Crippen MR) is 57.3 cm³/mol. The van der Waals surface area contributed by atoms with E-state index in [1.54, 1.807) is 13.0 Å². The Morgan fingerprint density at radius 3 is 2.57 bits per heavy atom. The SMILES string of the molecule is Cc1cc(Br)c(F)c(CS(=O)(=O)Cl)c1. The average molecular weight is 302 g/mol. The molecule has 0 N–H and O–H groups in total. The van der Waals surface area contributed by atoms with Gasteiger partial charge in [0.25, 0.3) is 0 Å². The van der Waals surface area contributed by atoms with Crippen molar-refractivity contribution in [2.75, 3.05) is 0 Å². The average Bonchev–Trinajstić information content (AvgIpc) is 1.96. The van der Waals surface area contributed by atoms with E-state index in [9.17, 15) is 12.8 Å². The van der Waals surface area contributed by atoms with E-state index in [4.69, 9.17) is 10.7 Å². The minimum absolute atomic E-state index is 0.0758. The second-order valence-electron chi connectivity index (χ2n) is 2.90. The van der Waals surface area contributed by atoms with Crippen molar-refractivity contribution in [3.05, 3.63) is 33.5 Å². The fourth-order valence-electron chi connectivity index (χ4n) is 1.09. The summed E-state index contributed by atoms with van der Waals surface area (Å²) in [6.07, 6.45) is 0. The van der Waals surface area contributed by atoms with Crippen molar-refractivity contribution in [2.45, 2.75) is 12.7 Å². The summed E-state index contributed by atoms with van der Waals surface area (Å²) < 4.78 is 35.1. The summed E-state index contributed by atoms with van der Waals surface area (Å²) in [5.41, 5.74) is 0.848. The topological polar surface area (TPSA) is 34.1 Å². The maximum absolute atomic E-state index is 13.3. The third kappa shape index (κ3) is 3.22. The molecule has 0 saturated carbocycles. The van der Waals surface area contributed by atoms with Gasteiger partial charge in [0.05, 0.1) is 10.2 Å². The van der Waals surface area contributed by atoms with Gasteiger partial charge in [-0.05, 0) is 34.5 Å². The Hall–Kier alpha value is -0.130. The van der Waals surface area contributed by atoms with E-state index in [-0.39, 0.29) is 10.0 Å². The Bertz CT molecular complexity index is 459. The van der Waals surface area contributed by atoms with E-state index >= 15 is 0 Å². The maximum Gasteiger partial charge on any atom is 0.236 e. The summed E-state index contributed by atoms with van der Waals surface area (Å²) in [6.45, 7) is 1.74. The normalized spacial score (nSPS) is 11.7. The summed E-state index contributed by atoms with van der Waals surface area (Å²) >= 11 is 2.99. The van der Waals surface area contributed by atoms with Gasteiger partial charge >= 0.3 is 0 Å². The quantitative estimate of drug-likeness (QED) is 0.787. The van der Waals surface area contributed by atoms with Crippen LogP contribution in [-0.2, 0) is 14.8 Å². The molecule has 0 heterocycles. The number of aryl methyl sites for hydroxylation is 1. The third-order valence-electron chi connectivity index (χ3n) is 1.58. The van der Waals surface area contributed by atoms with Gasteiger partial charge in [-0.25, -0.2) is 12.8 Å². The van der Waals surface area contributed by atoms with Crippen molar-refractivity contribution in [2.24, 2.45) is 0 Å². The van der Waals surface area contributed by atoms with E-state index < -0.39 is 20.6 Å². The van der Waals surface area contributed by atoms with Crippen LogP contribution in [0, 0.1) is 12.7 Å². The number of rotatable bonds is 2. The van der Waals surface area contributed by atoms with Crippen LogP contribution >= 0.6 is 26.6 Å². The highest BCUT2D eigenvalue weighted by Crippen LogP contribution is 2.23. The third-order valence-corrected chi connectivity index (χ3v) is 3.14. The first-order chi connectivity index (χ1) is 6.29. The van der Waals surface area contributed by atoms with Gasteiger partial charge in [-0.1, -0.05) is 6.07 Å². The Labute approximate surface area is 94.6 Å². The first-order valence-electron chi connectivity index (χ1n) is 3.66. The van der Waals surface area contributed by atoms with E-state index in [0.717, 1.165) is 5.56 Å². The highest BCUT2D eigenvalue weighted by molar-refractivity contribution is 9.10. The van der Waals surface area contributed by atoms with Gasteiger partial charge in [-0.2, -0.15) is 0 Å². The molecular formula is C8H7BrClFO2S. The second kappa shape index (κ2) is 4.16. The highest BCUT2D eigenvalue weighted by Gasteiger charge is 2.14. The number of benzene rings is 1. The van der Waals surface area contributed by atoms with Crippen molar-refractivity contribution in [1.82, 2.24) is 0 Å². The smallest absolute Gasteiger partial charge is 0.212 e. The first kappa shape index (κ1) is 11.9. The molecule has 0 aliphatic carbocycles. The van der Waals surface area contributed by atoms with Gasteiger partial charge in [-0.15, -0.1) is 0 Å². The monoisotopic (exact) mass is 300 g/mol. The maximum atomic E-state index is 13.3. The van der Waals surface area contributed by atoms with E-state index in [2.05, 4.69) is 15.9 Å². The summed E-state index contributed by atoms with van der Waals surface area (Å²) in [6, 6.07) is 3.03. The molecule has 0 aliphatic rings. The van der Waals surface area contributed by atoms with Crippen molar-refractivity contribution < 1.29 is 12.8 Å². The molecule has 0 atom stereocenters. The zero-order valence-electron chi connectivity index (χ0n) is 7.22. The minimum Gasteiger partial charge on any atom is -0.212 e. The van der Waals surface area contributed by atoms with Gasteiger partial charge in [0, 0.05) is 16.2 Å². The molecule has 0 unspecified atom stereocenters. The summed E-state index contributed by atoms with van der Waals surface area (Å²) in [5.74, 6) is -1.08. The van der Waals surface area contributed by atoms with Crippen LogP contribution in [0.15, 0.2) is 16.6 Å². The lowest BCUT2D eigenvalue weighted by atomic mass is 10.1. The standard InChI is InChI=1S/C8H7BrClFO2S/c1-5-2-6(4-14(10,12)13)8(11)7(9)3-5/h2-3H,4H2,1H3. The van der Waals surface area contributed by atoms with E-state index in [0.29, 0.717) is 0 Å². The highest BCUT2D eigenvalue weighted by atomic mass is 79.9. The Morgan fingerprint density at radius 1 is 1.50 bits per heavy atom. The fraction of sp³-hybridized carbons (Fsp3) is 0.250. The fourth-order valence-corrected chi connectivity index (χ4v) is 2.64. The van der Waals surface area contributed by atoms with E-state index in [1.165, 1.54) is 6.07 Å². The van der Waals surface area contributed by atoms with Gasteiger partial charge in [0.15, 0.2) is 0 Å². The van der Waals surface area contributed by atoms with Gasteiger partial charge in [0.2, 0.25) is 9.05 Å². The zero-order valence-corrected chi connectivity index (χ0v) is 10.4. The van der Waals surface area contributed by atoms with Crippen molar-refractivity contribution in [1.29, 1.82) is 0 Å². The van der Waals surface area contributed by atoms with Crippen molar-refractivity contribution in [3.8, 4) is 0 Å². The molecule has 0 aromatic heterocycles. The molecule has 0 amide bonds. The zero-order chi connectivity index (χ0) is 10.9. The minimum atomic E-state index is -3.72. The number of hydrogen-bond donors (Lipinski definition) is 0. The molecule has 0 spiro atoms. The second-order valence-corrected chi connectivity index (χ2v) is 6.53. The molecule has 2 nitrogen and oxygen atoms in total. The van der Waals surface area contributed by atoms with Crippen LogP contribution in [0.1, 0.15) is 11.1 Å². The molecule has 0 bridgehead atoms. The lowest BCUT2D eigenvalue weighted by Gasteiger charge is -2.04. The first-order valence-corrected chi connectivity index (χ1v) is 6.93. The summed E-state index contributed by atoms with van der Waals surface area (Å²) in [5, 5.41) is 0. The molecule has 1 aromatic rings. The molecule has 78 valence electrons. The van der Waals surface area contributed by atoms with Crippen LogP contribution in [0.25, 0.3) is 0 Å². The van der Waals surface area contributed by atoms with E-state index in [1.807, 2.05) is 0 Å². The predicted octanol–water partition coefficient (Wildman–Crippen LogP) is 2.97. The van der Waals surface area contributed by atoms with Crippen LogP contribution in [-0.4, -0.2) is 8.42 Å². The van der Waals surface area contributed by atoms with Crippen LogP contribution < -0.4 is 0 Å². The van der Waals surface area contributed by atoms with Crippen LogP contribution in [0.5, 0.6) is 0 Å². The molecule has 0 radical (unpaired) electrons. The van der Waals surface area contributed by atoms with Crippen LogP contribution in [0.4, 0.5) is 4.39 Å². The lowest BCUT2D eigenvalue weighted by molar-refractivity contribution is 0.594. The largest absolute Gasteiger partial charge is 0.236 e. The number of halogens is 3. The van der Waals surface area contributed by atoms with Gasteiger partial charge < -0.3 is 0 Å². The van der Waals surface area contributed by atoms with Crippen LogP contribution in [0.2, 0.25) is 0 Å². The Kier molecular flexibility index (Phi) is 3.55.